The van der Waals surface area contributed by atoms with Crippen LogP contribution in [0.25, 0.3) is 22.1 Å². The highest BCUT2D eigenvalue weighted by Gasteiger charge is 2.21. The van der Waals surface area contributed by atoms with Crippen LogP contribution in [0.1, 0.15) is 23.4 Å². The van der Waals surface area contributed by atoms with Crippen LogP contribution in [0.2, 0.25) is 0 Å². The minimum absolute atomic E-state index is 0.0954. The number of benzene rings is 1. The molecule has 1 amide bonds. The van der Waals surface area contributed by atoms with Gasteiger partial charge >= 0.3 is 5.78 Å². The molecule has 0 unspecified atom stereocenters. The van der Waals surface area contributed by atoms with Crippen LogP contribution in [-0.4, -0.2) is 23.5 Å². The summed E-state index contributed by atoms with van der Waals surface area (Å²) >= 11 is 1.90. The lowest BCUT2D eigenvalue weighted by Crippen LogP contribution is -2.37. The van der Waals surface area contributed by atoms with E-state index in [1.165, 1.54) is 6.07 Å². The second kappa shape index (κ2) is 5.77. The van der Waals surface area contributed by atoms with Gasteiger partial charge in [0.25, 0.3) is 5.91 Å². The Bertz CT molecular complexity index is 937. The third kappa shape index (κ3) is 2.63. The lowest BCUT2D eigenvalue weighted by molar-refractivity contribution is 0.0907. The summed E-state index contributed by atoms with van der Waals surface area (Å²) in [4.78, 5) is 24.8. The van der Waals surface area contributed by atoms with Gasteiger partial charge in [-0.25, -0.2) is 0 Å². The number of hydrogen-bond donors (Lipinski definition) is 1. The highest BCUT2D eigenvalue weighted by atomic mass is 32.2. The largest absolute Gasteiger partial charge is 0.425 e. The summed E-state index contributed by atoms with van der Waals surface area (Å²) in [5.41, 5.74) is 0.273. The summed E-state index contributed by atoms with van der Waals surface area (Å²) in [6.07, 6.45) is 1.91. The first-order valence-corrected chi connectivity index (χ1v) is 8.72. The quantitative estimate of drug-likeness (QED) is 0.782. The summed E-state index contributed by atoms with van der Waals surface area (Å²) in [6, 6.07) is 8.61. The predicted molar refractivity (Wildman–Crippen MR) is 90.1 cm³/mol. The Morgan fingerprint density at radius 2 is 1.91 bits per heavy atom. The molecule has 0 atom stereocenters. The predicted octanol–water partition coefficient (Wildman–Crippen LogP) is 3.16. The third-order valence-electron chi connectivity index (χ3n) is 4.06. The molecule has 3 aromatic rings. The lowest BCUT2D eigenvalue weighted by Gasteiger charge is -2.21. The number of carbonyl (C=O) groups is 1. The highest BCUT2D eigenvalue weighted by Crippen LogP contribution is 2.22. The van der Waals surface area contributed by atoms with E-state index >= 15 is 0 Å². The third-order valence-corrected chi connectivity index (χ3v) is 5.11. The number of thioether (sulfide) groups is 1. The molecule has 1 N–H and O–H groups in total. The van der Waals surface area contributed by atoms with E-state index < -0.39 is 0 Å². The smallest absolute Gasteiger partial charge is 0.302 e. The molecule has 23 heavy (non-hydrogen) atoms. The molecule has 0 spiro atoms. The minimum Gasteiger partial charge on any atom is -0.425 e. The van der Waals surface area contributed by atoms with E-state index in [0.29, 0.717) is 16.4 Å². The first kappa shape index (κ1) is 14.4. The van der Waals surface area contributed by atoms with Crippen molar-refractivity contribution in [1.29, 1.82) is 0 Å². The van der Waals surface area contributed by atoms with Gasteiger partial charge in [0.2, 0.25) is 5.43 Å². The number of nitrogens with one attached hydrogen (secondary N) is 1. The monoisotopic (exact) mass is 329 g/mol. The lowest BCUT2D eigenvalue weighted by atomic mass is 10.1. The van der Waals surface area contributed by atoms with Crippen molar-refractivity contribution in [1.82, 2.24) is 5.32 Å². The standard InChI is InChI=1S/C17H15NO4S/c19-15-11-3-1-2-4-13(11)21-17-12(15)9-14(22-17)16(20)18-10-5-7-23-8-6-10/h1-4,9-10H,5-8H2,(H,18,20). The fourth-order valence-electron chi connectivity index (χ4n) is 2.81. The Morgan fingerprint density at radius 1 is 1.13 bits per heavy atom. The summed E-state index contributed by atoms with van der Waals surface area (Å²) in [5.74, 6) is 2.02. The van der Waals surface area contributed by atoms with E-state index in [9.17, 15) is 9.59 Å². The number of rotatable bonds is 2. The van der Waals surface area contributed by atoms with Crippen molar-refractivity contribution < 1.29 is 13.6 Å². The number of carbonyl (C=O) groups excluding carboxylic acids is 1. The SMILES string of the molecule is O=C(NC1CCSCC1)c1cc2c(=O)c3ccccc3oc2o1. The van der Waals surface area contributed by atoms with Crippen LogP contribution in [0, 0.1) is 0 Å². The topological polar surface area (TPSA) is 72.5 Å². The van der Waals surface area contributed by atoms with E-state index in [1.54, 1.807) is 24.3 Å². The zero-order chi connectivity index (χ0) is 15.8. The molecule has 1 aromatic carbocycles. The van der Waals surface area contributed by atoms with E-state index in [4.69, 9.17) is 8.83 Å². The van der Waals surface area contributed by atoms with Crippen molar-refractivity contribution in [2.24, 2.45) is 0 Å². The molecular formula is C17H15NO4S. The zero-order valence-electron chi connectivity index (χ0n) is 12.3. The van der Waals surface area contributed by atoms with Crippen LogP contribution in [0.4, 0.5) is 0 Å². The Labute approximate surface area is 136 Å². The number of hydrogen-bond acceptors (Lipinski definition) is 5. The number of fused-ring (bicyclic) bond motifs is 2. The molecule has 0 saturated carbocycles. The molecule has 4 rings (SSSR count). The summed E-state index contributed by atoms with van der Waals surface area (Å²) in [6.45, 7) is 0. The van der Waals surface area contributed by atoms with Crippen molar-refractivity contribution >= 4 is 39.8 Å². The average Bonchev–Trinajstić information content (AvgIpc) is 3.00. The summed E-state index contributed by atoms with van der Waals surface area (Å²) in [7, 11) is 0. The van der Waals surface area contributed by atoms with Gasteiger partial charge in [0.1, 0.15) is 11.0 Å². The second-order valence-electron chi connectivity index (χ2n) is 5.60. The van der Waals surface area contributed by atoms with Crippen LogP contribution in [-0.2, 0) is 0 Å². The molecule has 6 heteroatoms. The maximum absolute atomic E-state index is 12.5. The molecular weight excluding hydrogens is 314 g/mol. The van der Waals surface area contributed by atoms with Gasteiger partial charge in [-0.15, -0.1) is 0 Å². The molecule has 5 nitrogen and oxygen atoms in total. The van der Waals surface area contributed by atoms with Crippen LogP contribution in [0.3, 0.4) is 0 Å². The van der Waals surface area contributed by atoms with E-state index in [-0.39, 0.29) is 28.9 Å². The van der Waals surface area contributed by atoms with Crippen molar-refractivity contribution in [2.45, 2.75) is 18.9 Å². The Kier molecular flexibility index (Phi) is 3.61. The van der Waals surface area contributed by atoms with Crippen molar-refractivity contribution in [3.8, 4) is 0 Å². The van der Waals surface area contributed by atoms with Gasteiger partial charge in [-0.05, 0) is 36.5 Å². The first-order chi connectivity index (χ1) is 11.2. The van der Waals surface area contributed by atoms with Crippen LogP contribution < -0.4 is 10.7 Å². The molecule has 1 saturated heterocycles. The molecule has 0 bridgehead atoms. The van der Waals surface area contributed by atoms with Crippen molar-refractivity contribution in [3.63, 3.8) is 0 Å². The fourth-order valence-corrected chi connectivity index (χ4v) is 3.91. The maximum Gasteiger partial charge on any atom is 0.302 e. The number of furan rings is 1. The number of amides is 1. The molecule has 1 aliphatic heterocycles. The average molecular weight is 329 g/mol. The molecule has 118 valence electrons. The zero-order valence-corrected chi connectivity index (χ0v) is 13.2. The normalized spacial score (nSPS) is 16.0. The van der Waals surface area contributed by atoms with Crippen LogP contribution >= 0.6 is 11.8 Å². The van der Waals surface area contributed by atoms with Gasteiger partial charge in [0, 0.05) is 12.1 Å². The van der Waals surface area contributed by atoms with Crippen LogP contribution in [0.5, 0.6) is 0 Å². The summed E-state index contributed by atoms with van der Waals surface area (Å²) < 4.78 is 11.1. The summed E-state index contributed by atoms with van der Waals surface area (Å²) in [5, 5.41) is 3.75. The molecule has 1 fully saturated rings. The van der Waals surface area contributed by atoms with Gasteiger partial charge in [0.15, 0.2) is 5.76 Å². The van der Waals surface area contributed by atoms with E-state index in [2.05, 4.69) is 5.32 Å². The van der Waals surface area contributed by atoms with Gasteiger partial charge in [-0.2, -0.15) is 11.8 Å². The number of para-hydroxylation sites is 1. The van der Waals surface area contributed by atoms with Gasteiger partial charge in [0.05, 0.1) is 5.39 Å². The second-order valence-corrected chi connectivity index (χ2v) is 6.82. The fraction of sp³-hybridized carbons (Fsp3) is 0.294. The Hall–Kier alpha value is -2.21. The minimum atomic E-state index is -0.295. The van der Waals surface area contributed by atoms with Crippen molar-refractivity contribution in [2.75, 3.05) is 11.5 Å². The van der Waals surface area contributed by atoms with E-state index in [0.717, 1.165) is 24.3 Å². The molecule has 2 aromatic heterocycles. The van der Waals surface area contributed by atoms with Crippen LogP contribution in [0.15, 0.2) is 44.0 Å². The molecule has 0 aliphatic carbocycles. The molecule has 1 aliphatic rings. The van der Waals surface area contributed by atoms with E-state index in [1.807, 2.05) is 11.8 Å². The molecule has 3 heterocycles. The van der Waals surface area contributed by atoms with Gasteiger partial charge in [-0.1, -0.05) is 12.1 Å². The maximum atomic E-state index is 12.5. The molecule has 0 radical (unpaired) electrons. The van der Waals surface area contributed by atoms with Crippen molar-refractivity contribution in [3.05, 3.63) is 46.3 Å². The highest BCUT2D eigenvalue weighted by molar-refractivity contribution is 7.99. The first-order valence-electron chi connectivity index (χ1n) is 7.56. The van der Waals surface area contributed by atoms with Gasteiger partial charge in [-0.3, -0.25) is 9.59 Å². The van der Waals surface area contributed by atoms with Gasteiger partial charge < -0.3 is 14.2 Å². The Balaban J connectivity index is 1.70. The Morgan fingerprint density at radius 3 is 2.74 bits per heavy atom.